The van der Waals surface area contributed by atoms with E-state index in [0.29, 0.717) is 12.0 Å². The highest BCUT2D eigenvalue weighted by Gasteiger charge is 2.45. The van der Waals surface area contributed by atoms with Gasteiger partial charge in [0.15, 0.2) is 0 Å². The van der Waals surface area contributed by atoms with Crippen LogP contribution >= 0.6 is 0 Å². The number of benzene rings is 1. The fourth-order valence-corrected chi connectivity index (χ4v) is 2.81. The number of aryl methyl sites for hydroxylation is 2. The van der Waals surface area contributed by atoms with Crippen molar-refractivity contribution in [2.75, 3.05) is 0 Å². The van der Waals surface area contributed by atoms with Crippen molar-refractivity contribution >= 4 is 11.9 Å². The summed E-state index contributed by atoms with van der Waals surface area (Å²) < 4.78 is 0. The quantitative estimate of drug-likeness (QED) is 0.859. The van der Waals surface area contributed by atoms with E-state index in [1.54, 1.807) is 0 Å². The van der Waals surface area contributed by atoms with Crippen LogP contribution in [-0.2, 0) is 21.4 Å². The first-order valence-electron chi connectivity index (χ1n) is 6.01. The van der Waals surface area contributed by atoms with Gasteiger partial charge < -0.3 is 10.2 Å². The molecule has 1 unspecified atom stereocenters. The summed E-state index contributed by atoms with van der Waals surface area (Å²) in [4.78, 5) is 22.6. The number of rotatable bonds is 3. The summed E-state index contributed by atoms with van der Waals surface area (Å²) in [7, 11) is 0. The number of aliphatic carboxylic acids is 2. The summed E-state index contributed by atoms with van der Waals surface area (Å²) in [5, 5.41) is 18.5. The number of hydrogen-bond acceptors (Lipinski definition) is 2. The van der Waals surface area contributed by atoms with Crippen LogP contribution in [0.25, 0.3) is 0 Å². The number of carboxylic acid groups (broad SMARTS) is 2. The third kappa shape index (κ3) is 1.98. The molecule has 1 atom stereocenters. The summed E-state index contributed by atoms with van der Waals surface area (Å²) in [6.07, 6.45) is 1.59. The fraction of sp³-hybridized carbons (Fsp3) is 0.429. The van der Waals surface area contributed by atoms with Gasteiger partial charge in [0.25, 0.3) is 0 Å². The largest absolute Gasteiger partial charge is 0.481 e. The van der Waals surface area contributed by atoms with Crippen LogP contribution in [-0.4, -0.2) is 22.2 Å². The van der Waals surface area contributed by atoms with E-state index in [0.717, 1.165) is 24.0 Å². The molecule has 0 bridgehead atoms. The van der Waals surface area contributed by atoms with E-state index in [-0.39, 0.29) is 6.42 Å². The molecule has 0 amide bonds. The predicted molar refractivity (Wildman–Crippen MR) is 65.7 cm³/mol. The molecule has 2 rings (SSSR count). The van der Waals surface area contributed by atoms with E-state index in [1.165, 1.54) is 0 Å². The van der Waals surface area contributed by atoms with Gasteiger partial charge in [-0.2, -0.15) is 0 Å². The van der Waals surface area contributed by atoms with Crippen molar-refractivity contribution < 1.29 is 19.8 Å². The molecule has 96 valence electrons. The Hall–Kier alpha value is -1.84. The minimum absolute atomic E-state index is 0.348. The molecule has 4 heteroatoms. The predicted octanol–water partition coefficient (Wildman–Crippen LogP) is 2.13. The summed E-state index contributed by atoms with van der Waals surface area (Å²) in [6.45, 7) is 1.89. The summed E-state index contributed by atoms with van der Waals surface area (Å²) in [5.74, 6) is -2.09. The van der Waals surface area contributed by atoms with Crippen LogP contribution in [0.5, 0.6) is 0 Å². The maximum atomic E-state index is 11.6. The molecule has 4 nitrogen and oxygen atoms in total. The Balaban J connectivity index is 2.59. The van der Waals surface area contributed by atoms with Gasteiger partial charge in [0.1, 0.15) is 5.41 Å². The minimum atomic E-state index is -1.26. The molecule has 0 saturated heterocycles. The van der Waals surface area contributed by atoms with E-state index < -0.39 is 17.4 Å². The second kappa shape index (κ2) is 4.44. The maximum absolute atomic E-state index is 11.6. The Morgan fingerprint density at radius 2 is 2.06 bits per heavy atom. The van der Waals surface area contributed by atoms with Gasteiger partial charge in [-0.25, -0.2) is 0 Å². The van der Waals surface area contributed by atoms with Gasteiger partial charge >= 0.3 is 11.9 Å². The Bertz CT molecular complexity index is 507. The molecule has 1 aromatic rings. The molecule has 1 aliphatic carbocycles. The topological polar surface area (TPSA) is 74.6 Å². The van der Waals surface area contributed by atoms with Crippen LogP contribution in [0, 0.1) is 6.92 Å². The Morgan fingerprint density at radius 1 is 1.33 bits per heavy atom. The third-order valence-corrected chi connectivity index (χ3v) is 3.69. The van der Waals surface area contributed by atoms with Crippen LogP contribution in [0.4, 0.5) is 0 Å². The third-order valence-electron chi connectivity index (χ3n) is 3.69. The highest BCUT2D eigenvalue weighted by atomic mass is 16.4. The lowest BCUT2D eigenvalue weighted by molar-refractivity contribution is -0.151. The molecule has 0 heterocycles. The second-order valence-electron chi connectivity index (χ2n) is 4.97. The number of carbonyl (C=O) groups is 2. The Kier molecular flexibility index (Phi) is 3.11. The van der Waals surface area contributed by atoms with Crippen molar-refractivity contribution in [1.82, 2.24) is 0 Å². The zero-order chi connectivity index (χ0) is 13.3. The molecule has 0 spiro atoms. The SMILES string of the molecule is Cc1ccc2c(c1)C(CC(=O)O)(C(=O)O)CCC2. The van der Waals surface area contributed by atoms with E-state index in [9.17, 15) is 14.7 Å². The van der Waals surface area contributed by atoms with Gasteiger partial charge in [-0.05, 0) is 37.3 Å². The molecule has 0 saturated carbocycles. The molecule has 0 fully saturated rings. The van der Waals surface area contributed by atoms with Crippen molar-refractivity contribution in [1.29, 1.82) is 0 Å². The van der Waals surface area contributed by atoms with Gasteiger partial charge in [-0.15, -0.1) is 0 Å². The van der Waals surface area contributed by atoms with Crippen molar-refractivity contribution in [3.63, 3.8) is 0 Å². The first-order chi connectivity index (χ1) is 8.45. The van der Waals surface area contributed by atoms with Crippen LogP contribution in [0.1, 0.15) is 36.0 Å². The fourth-order valence-electron chi connectivity index (χ4n) is 2.81. The lowest BCUT2D eigenvalue weighted by Gasteiger charge is -2.34. The van der Waals surface area contributed by atoms with Gasteiger partial charge in [0.05, 0.1) is 6.42 Å². The molecule has 0 radical (unpaired) electrons. The highest BCUT2D eigenvalue weighted by Crippen LogP contribution is 2.40. The number of carboxylic acids is 2. The standard InChI is InChI=1S/C14H16O4/c1-9-4-5-10-3-2-6-14(13(17)18,8-12(15)16)11(10)7-9/h4-5,7H,2-3,6,8H2,1H3,(H,15,16)(H,17,18). The van der Waals surface area contributed by atoms with Crippen molar-refractivity contribution in [3.8, 4) is 0 Å². The second-order valence-corrected chi connectivity index (χ2v) is 4.97. The van der Waals surface area contributed by atoms with E-state index in [1.807, 2.05) is 25.1 Å². The average Bonchev–Trinajstić information content (AvgIpc) is 2.29. The molecule has 1 aliphatic rings. The highest BCUT2D eigenvalue weighted by molar-refractivity contribution is 5.88. The summed E-state index contributed by atoms with van der Waals surface area (Å²) in [5.41, 5.74) is 1.36. The lowest BCUT2D eigenvalue weighted by Crippen LogP contribution is -2.41. The summed E-state index contributed by atoms with van der Waals surface area (Å²) in [6, 6.07) is 5.69. The zero-order valence-electron chi connectivity index (χ0n) is 10.3. The Labute approximate surface area is 105 Å². The van der Waals surface area contributed by atoms with Gasteiger partial charge in [0.2, 0.25) is 0 Å². The van der Waals surface area contributed by atoms with Crippen LogP contribution < -0.4 is 0 Å². The maximum Gasteiger partial charge on any atom is 0.314 e. The van der Waals surface area contributed by atoms with Gasteiger partial charge in [-0.3, -0.25) is 9.59 Å². The molecule has 2 N–H and O–H groups in total. The van der Waals surface area contributed by atoms with Crippen LogP contribution in [0.15, 0.2) is 18.2 Å². The first-order valence-corrected chi connectivity index (χ1v) is 6.01. The summed E-state index contributed by atoms with van der Waals surface area (Å²) >= 11 is 0. The molecule has 18 heavy (non-hydrogen) atoms. The van der Waals surface area contributed by atoms with Crippen molar-refractivity contribution in [2.45, 2.75) is 38.0 Å². The normalized spacial score (nSPS) is 22.3. The molecular weight excluding hydrogens is 232 g/mol. The Morgan fingerprint density at radius 3 is 2.67 bits per heavy atom. The van der Waals surface area contributed by atoms with Crippen molar-refractivity contribution in [2.24, 2.45) is 0 Å². The zero-order valence-corrected chi connectivity index (χ0v) is 10.3. The average molecular weight is 248 g/mol. The van der Waals surface area contributed by atoms with Gasteiger partial charge in [0, 0.05) is 0 Å². The monoisotopic (exact) mass is 248 g/mol. The molecule has 0 aliphatic heterocycles. The first kappa shape index (κ1) is 12.6. The van der Waals surface area contributed by atoms with Crippen LogP contribution in [0.3, 0.4) is 0 Å². The number of hydrogen-bond donors (Lipinski definition) is 2. The minimum Gasteiger partial charge on any atom is -0.481 e. The molecule has 1 aromatic carbocycles. The molecular formula is C14H16O4. The van der Waals surface area contributed by atoms with E-state index in [4.69, 9.17) is 5.11 Å². The van der Waals surface area contributed by atoms with Crippen molar-refractivity contribution in [3.05, 3.63) is 34.9 Å². The van der Waals surface area contributed by atoms with E-state index in [2.05, 4.69) is 0 Å². The number of fused-ring (bicyclic) bond motifs is 1. The van der Waals surface area contributed by atoms with Gasteiger partial charge in [-0.1, -0.05) is 23.8 Å². The van der Waals surface area contributed by atoms with E-state index >= 15 is 0 Å². The lowest BCUT2D eigenvalue weighted by atomic mass is 9.67. The molecule has 0 aromatic heterocycles. The smallest absolute Gasteiger partial charge is 0.314 e. The van der Waals surface area contributed by atoms with Crippen LogP contribution in [0.2, 0.25) is 0 Å².